The Balaban J connectivity index is 2.59. The van der Waals surface area contributed by atoms with Gasteiger partial charge in [-0.05, 0) is 36.5 Å². The minimum Gasteiger partial charge on any atom is -0.508 e. The summed E-state index contributed by atoms with van der Waals surface area (Å²) in [5.41, 5.74) is 2.35. The molecule has 0 fully saturated rings. The molecule has 0 aliphatic heterocycles. The standard InChI is InChI=1S/C15H24O/c1-4-6-7-13(5-2)11-14-8-9-15(16)12(3)10-14/h8-10,13,16H,4-7,11H2,1-3H3. The van der Waals surface area contributed by atoms with Crippen molar-refractivity contribution in [3.63, 3.8) is 0 Å². The van der Waals surface area contributed by atoms with Crippen LogP contribution in [-0.2, 0) is 6.42 Å². The molecule has 1 atom stereocenters. The van der Waals surface area contributed by atoms with Gasteiger partial charge in [-0.15, -0.1) is 0 Å². The van der Waals surface area contributed by atoms with Gasteiger partial charge in [0.05, 0.1) is 0 Å². The fraction of sp³-hybridized carbons (Fsp3) is 0.600. The van der Waals surface area contributed by atoms with Crippen molar-refractivity contribution in [3.8, 4) is 5.75 Å². The summed E-state index contributed by atoms with van der Waals surface area (Å²) in [6.45, 7) is 6.48. The lowest BCUT2D eigenvalue weighted by atomic mass is 9.91. The fourth-order valence-corrected chi connectivity index (χ4v) is 2.12. The van der Waals surface area contributed by atoms with E-state index in [0.29, 0.717) is 5.75 Å². The van der Waals surface area contributed by atoms with Crippen molar-refractivity contribution in [3.05, 3.63) is 29.3 Å². The molecule has 0 heterocycles. The third-order valence-corrected chi connectivity index (χ3v) is 3.33. The van der Waals surface area contributed by atoms with Gasteiger partial charge in [0.2, 0.25) is 0 Å². The van der Waals surface area contributed by atoms with Crippen LogP contribution in [0.25, 0.3) is 0 Å². The average Bonchev–Trinajstić information content (AvgIpc) is 2.29. The summed E-state index contributed by atoms with van der Waals surface area (Å²) in [5, 5.41) is 9.48. The first-order valence-electron chi connectivity index (χ1n) is 6.45. The summed E-state index contributed by atoms with van der Waals surface area (Å²) in [6.07, 6.45) is 6.34. The molecule has 90 valence electrons. The van der Waals surface area contributed by atoms with Crippen molar-refractivity contribution in [2.45, 2.75) is 52.9 Å². The van der Waals surface area contributed by atoms with E-state index in [2.05, 4.69) is 26.0 Å². The molecule has 0 saturated heterocycles. The Morgan fingerprint density at radius 2 is 2.00 bits per heavy atom. The van der Waals surface area contributed by atoms with E-state index in [1.807, 2.05) is 13.0 Å². The summed E-state index contributed by atoms with van der Waals surface area (Å²) in [5.74, 6) is 1.20. The molecule has 0 bridgehead atoms. The van der Waals surface area contributed by atoms with Gasteiger partial charge in [-0.25, -0.2) is 0 Å². The van der Waals surface area contributed by atoms with E-state index in [-0.39, 0.29) is 0 Å². The molecule has 1 nitrogen and oxygen atoms in total. The molecule has 1 rings (SSSR count). The molecule has 16 heavy (non-hydrogen) atoms. The zero-order chi connectivity index (χ0) is 12.0. The van der Waals surface area contributed by atoms with Gasteiger partial charge in [-0.3, -0.25) is 0 Å². The van der Waals surface area contributed by atoms with Crippen LogP contribution in [0.1, 0.15) is 50.7 Å². The number of aryl methyl sites for hydroxylation is 1. The molecule has 0 amide bonds. The van der Waals surface area contributed by atoms with E-state index in [4.69, 9.17) is 0 Å². The largest absolute Gasteiger partial charge is 0.508 e. The second-order valence-corrected chi connectivity index (χ2v) is 4.74. The van der Waals surface area contributed by atoms with Crippen LogP contribution in [-0.4, -0.2) is 5.11 Å². The number of hydrogen-bond donors (Lipinski definition) is 1. The summed E-state index contributed by atoms with van der Waals surface area (Å²) >= 11 is 0. The van der Waals surface area contributed by atoms with E-state index in [9.17, 15) is 5.11 Å². The number of benzene rings is 1. The van der Waals surface area contributed by atoms with E-state index >= 15 is 0 Å². The molecule has 1 unspecified atom stereocenters. The fourth-order valence-electron chi connectivity index (χ4n) is 2.12. The highest BCUT2D eigenvalue weighted by Crippen LogP contribution is 2.22. The van der Waals surface area contributed by atoms with Crippen molar-refractivity contribution < 1.29 is 5.11 Å². The van der Waals surface area contributed by atoms with E-state index in [0.717, 1.165) is 17.9 Å². The highest BCUT2D eigenvalue weighted by Gasteiger charge is 2.07. The number of phenols is 1. The van der Waals surface area contributed by atoms with Crippen molar-refractivity contribution in [1.82, 2.24) is 0 Å². The first-order chi connectivity index (χ1) is 7.67. The molecule has 1 N–H and O–H groups in total. The van der Waals surface area contributed by atoms with Gasteiger partial charge in [0.25, 0.3) is 0 Å². The lowest BCUT2D eigenvalue weighted by molar-refractivity contribution is 0.447. The second-order valence-electron chi connectivity index (χ2n) is 4.74. The quantitative estimate of drug-likeness (QED) is 0.750. The molecule has 0 spiro atoms. The van der Waals surface area contributed by atoms with Crippen LogP contribution in [0, 0.1) is 12.8 Å². The van der Waals surface area contributed by atoms with Gasteiger partial charge in [0.15, 0.2) is 0 Å². The molecule has 1 aromatic rings. The first kappa shape index (κ1) is 13.1. The summed E-state index contributed by atoms with van der Waals surface area (Å²) in [6, 6.07) is 5.98. The Kier molecular flexibility index (Phi) is 5.37. The maximum absolute atomic E-state index is 9.48. The second kappa shape index (κ2) is 6.57. The van der Waals surface area contributed by atoms with Gasteiger partial charge < -0.3 is 5.11 Å². The topological polar surface area (TPSA) is 20.2 Å². The Hall–Kier alpha value is -0.980. The molecular weight excluding hydrogens is 196 g/mol. The van der Waals surface area contributed by atoms with Crippen LogP contribution in [0.4, 0.5) is 0 Å². The summed E-state index contributed by atoms with van der Waals surface area (Å²) < 4.78 is 0. The third-order valence-electron chi connectivity index (χ3n) is 3.33. The van der Waals surface area contributed by atoms with Crippen LogP contribution in [0.2, 0.25) is 0 Å². The molecule has 1 heteroatoms. The van der Waals surface area contributed by atoms with Crippen LogP contribution in [0.3, 0.4) is 0 Å². The van der Waals surface area contributed by atoms with Crippen LogP contribution in [0.5, 0.6) is 5.75 Å². The van der Waals surface area contributed by atoms with E-state index < -0.39 is 0 Å². The molecule has 1 aromatic carbocycles. The van der Waals surface area contributed by atoms with Crippen molar-refractivity contribution in [2.75, 3.05) is 0 Å². The average molecular weight is 220 g/mol. The van der Waals surface area contributed by atoms with Gasteiger partial charge in [0, 0.05) is 0 Å². The van der Waals surface area contributed by atoms with Gasteiger partial charge in [-0.1, -0.05) is 51.7 Å². The monoisotopic (exact) mass is 220 g/mol. The molecule has 0 aromatic heterocycles. The van der Waals surface area contributed by atoms with Gasteiger partial charge in [-0.2, -0.15) is 0 Å². The Labute approximate surface area is 99.5 Å². The third kappa shape index (κ3) is 3.88. The van der Waals surface area contributed by atoms with E-state index in [1.54, 1.807) is 0 Å². The Bertz CT molecular complexity index is 317. The number of hydrogen-bond acceptors (Lipinski definition) is 1. The highest BCUT2D eigenvalue weighted by atomic mass is 16.3. The Morgan fingerprint density at radius 3 is 2.56 bits per heavy atom. The Morgan fingerprint density at radius 1 is 1.25 bits per heavy atom. The maximum atomic E-state index is 9.48. The molecule has 0 aliphatic rings. The molecule has 0 aliphatic carbocycles. The van der Waals surface area contributed by atoms with E-state index in [1.165, 1.54) is 31.2 Å². The molecular formula is C15H24O. The minimum atomic E-state index is 0.408. The molecule has 0 radical (unpaired) electrons. The maximum Gasteiger partial charge on any atom is 0.118 e. The zero-order valence-corrected chi connectivity index (χ0v) is 10.8. The number of unbranched alkanes of at least 4 members (excludes halogenated alkanes) is 1. The predicted molar refractivity (Wildman–Crippen MR) is 69.9 cm³/mol. The van der Waals surface area contributed by atoms with Crippen molar-refractivity contribution in [2.24, 2.45) is 5.92 Å². The summed E-state index contributed by atoms with van der Waals surface area (Å²) in [4.78, 5) is 0. The highest BCUT2D eigenvalue weighted by molar-refractivity contribution is 5.35. The van der Waals surface area contributed by atoms with Crippen LogP contribution >= 0.6 is 0 Å². The van der Waals surface area contributed by atoms with Gasteiger partial charge >= 0.3 is 0 Å². The lowest BCUT2D eigenvalue weighted by Crippen LogP contribution is -2.03. The minimum absolute atomic E-state index is 0.408. The number of aromatic hydroxyl groups is 1. The van der Waals surface area contributed by atoms with Crippen LogP contribution in [0.15, 0.2) is 18.2 Å². The number of phenolic OH excluding ortho intramolecular Hbond substituents is 1. The first-order valence-corrected chi connectivity index (χ1v) is 6.45. The number of rotatable bonds is 6. The lowest BCUT2D eigenvalue weighted by Gasteiger charge is -2.14. The summed E-state index contributed by atoms with van der Waals surface area (Å²) in [7, 11) is 0. The smallest absolute Gasteiger partial charge is 0.118 e. The van der Waals surface area contributed by atoms with Crippen molar-refractivity contribution >= 4 is 0 Å². The van der Waals surface area contributed by atoms with Crippen molar-refractivity contribution in [1.29, 1.82) is 0 Å². The van der Waals surface area contributed by atoms with Crippen LogP contribution < -0.4 is 0 Å². The SMILES string of the molecule is CCCCC(CC)Cc1ccc(O)c(C)c1. The molecule has 0 saturated carbocycles. The zero-order valence-electron chi connectivity index (χ0n) is 10.8. The normalized spacial score (nSPS) is 12.7. The van der Waals surface area contributed by atoms with Gasteiger partial charge in [0.1, 0.15) is 5.75 Å². The predicted octanol–water partition coefficient (Wildman–Crippen LogP) is 4.46.